The molecule has 4 nitrogen and oxygen atoms in total. The summed E-state index contributed by atoms with van der Waals surface area (Å²) in [6.45, 7) is 7.51. The minimum Gasteiger partial charge on any atom is -0.341 e. The molecule has 0 radical (unpaired) electrons. The smallest absolute Gasteiger partial charge is 0.315 e. The van der Waals surface area contributed by atoms with Crippen molar-refractivity contribution in [1.82, 2.24) is 10.6 Å². The van der Waals surface area contributed by atoms with Gasteiger partial charge in [-0.05, 0) is 5.92 Å². The Morgan fingerprint density at radius 1 is 1.07 bits per heavy atom. The topological polar surface area (TPSA) is 58.2 Å². The average Bonchev–Trinajstić information content (AvgIpc) is 2.11. The van der Waals surface area contributed by atoms with Gasteiger partial charge in [-0.1, -0.05) is 27.7 Å². The maximum atomic E-state index is 11.7. The molecule has 0 aliphatic carbocycles. The van der Waals surface area contributed by atoms with Gasteiger partial charge in [0.25, 0.3) is 0 Å². The third kappa shape index (κ3) is 3.77. The van der Waals surface area contributed by atoms with Crippen molar-refractivity contribution in [3.63, 3.8) is 0 Å². The van der Waals surface area contributed by atoms with E-state index in [1.165, 1.54) is 7.05 Å². The molecule has 1 unspecified atom stereocenters. The summed E-state index contributed by atoms with van der Waals surface area (Å²) in [6, 6.07) is -0.701. The highest BCUT2D eigenvalue weighted by Crippen LogP contribution is 2.08. The zero-order chi connectivity index (χ0) is 11.3. The molecule has 82 valence electrons. The summed E-state index contributed by atoms with van der Waals surface area (Å²) >= 11 is 0. The highest BCUT2D eigenvalue weighted by Gasteiger charge is 2.25. The van der Waals surface area contributed by atoms with Crippen LogP contribution in [0.4, 0.5) is 4.79 Å². The van der Waals surface area contributed by atoms with Gasteiger partial charge >= 0.3 is 6.03 Å². The summed E-state index contributed by atoms with van der Waals surface area (Å²) in [7, 11) is 1.53. The molecular weight excluding hydrogens is 180 g/mol. The fraction of sp³-hybridized carbons (Fsp3) is 0.800. The number of ketones is 1. The Bertz CT molecular complexity index is 212. The van der Waals surface area contributed by atoms with Gasteiger partial charge < -0.3 is 10.6 Å². The number of hydrogen-bond donors (Lipinski definition) is 2. The maximum absolute atomic E-state index is 11.7. The summed E-state index contributed by atoms with van der Waals surface area (Å²) < 4.78 is 0. The second kappa shape index (κ2) is 5.62. The fourth-order valence-electron chi connectivity index (χ4n) is 1.14. The third-order valence-electron chi connectivity index (χ3n) is 2.06. The van der Waals surface area contributed by atoms with E-state index in [4.69, 9.17) is 0 Å². The van der Waals surface area contributed by atoms with Crippen LogP contribution in [0.25, 0.3) is 0 Å². The van der Waals surface area contributed by atoms with Crippen molar-refractivity contribution in [2.24, 2.45) is 11.8 Å². The molecule has 0 saturated carbocycles. The van der Waals surface area contributed by atoms with Crippen molar-refractivity contribution in [2.45, 2.75) is 33.7 Å². The molecule has 0 spiro atoms. The summed E-state index contributed by atoms with van der Waals surface area (Å²) in [5.74, 6) is 0.130. The SMILES string of the molecule is CNC(=O)NC(C(=O)C(C)C)C(C)C. The standard InChI is InChI=1S/C10H20N2O2/c1-6(2)8(9(13)7(3)4)12-10(14)11-5/h6-8H,1-5H3,(H2,11,12,14). The molecule has 0 aromatic carbocycles. The lowest BCUT2D eigenvalue weighted by atomic mass is 9.93. The maximum Gasteiger partial charge on any atom is 0.315 e. The van der Waals surface area contributed by atoms with E-state index in [1.54, 1.807) is 0 Å². The molecule has 14 heavy (non-hydrogen) atoms. The first-order valence-electron chi connectivity index (χ1n) is 4.92. The Hall–Kier alpha value is -1.06. The zero-order valence-electron chi connectivity index (χ0n) is 9.55. The predicted octanol–water partition coefficient (Wildman–Crippen LogP) is 1.17. The quantitative estimate of drug-likeness (QED) is 0.715. The number of Topliss-reactive ketones (excluding diaryl/α,β-unsaturated/α-hetero) is 1. The second-order valence-corrected chi connectivity index (χ2v) is 4.00. The fourth-order valence-corrected chi connectivity index (χ4v) is 1.14. The lowest BCUT2D eigenvalue weighted by Gasteiger charge is -2.22. The Morgan fingerprint density at radius 2 is 1.57 bits per heavy atom. The molecule has 0 bridgehead atoms. The lowest BCUT2D eigenvalue weighted by molar-refractivity contribution is -0.124. The van der Waals surface area contributed by atoms with E-state index in [1.807, 2.05) is 27.7 Å². The Morgan fingerprint density at radius 3 is 1.86 bits per heavy atom. The summed E-state index contributed by atoms with van der Waals surface area (Å²) in [5, 5.41) is 5.09. The number of carbonyl (C=O) groups excluding carboxylic acids is 2. The zero-order valence-corrected chi connectivity index (χ0v) is 9.55. The predicted molar refractivity (Wildman–Crippen MR) is 56.1 cm³/mol. The van der Waals surface area contributed by atoms with Crippen LogP contribution in [0.2, 0.25) is 0 Å². The minimum atomic E-state index is -0.394. The number of rotatable bonds is 4. The summed E-state index contributed by atoms with van der Waals surface area (Å²) in [4.78, 5) is 22.8. The van der Waals surface area contributed by atoms with Crippen molar-refractivity contribution < 1.29 is 9.59 Å². The van der Waals surface area contributed by atoms with Gasteiger partial charge in [-0.25, -0.2) is 4.79 Å². The van der Waals surface area contributed by atoms with Crippen LogP contribution in [0.1, 0.15) is 27.7 Å². The van der Waals surface area contributed by atoms with E-state index >= 15 is 0 Å². The van der Waals surface area contributed by atoms with Gasteiger partial charge in [0.1, 0.15) is 0 Å². The van der Waals surface area contributed by atoms with Crippen molar-refractivity contribution in [1.29, 1.82) is 0 Å². The van der Waals surface area contributed by atoms with E-state index in [2.05, 4.69) is 10.6 Å². The van der Waals surface area contributed by atoms with Crippen LogP contribution in [0.3, 0.4) is 0 Å². The van der Waals surface area contributed by atoms with E-state index in [0.717, 1.165) is 0 Å². The molecule has 1 atom stereocenters. The first-order chi connectivity index (χ1) is 6.40. The number of hydrogen-bond acceptors (Lipinski definition) is 2. The summed E-state index contributed by atoms with van der Waals surface area (Å²) in [6.07, 6.45) is 0. The molecule has 0 saturated heterocycles. The van der Waals surface area contributed by atoms with Crippen LogP contribution < -0.4 is 10.6 Å². The van der Waals surface area contributed by atoms with Crippen LogP contribution in [-0.2, 0) is 4.79 Å². The highest BCUT2D eigenvalue weighted by atomic mass is 16.2. The average molecular weight is 200 g/mol. The molecule has 0 fully saturated rings. The molecule has 0 rings (SSSR count). The Balaban J connectivity index is 4.45. The summed E-state index contributed by atoms with van der Waals surface area (Å²) in [5.41, 5.74) is 0. The first kappa shape index (κ1) is 12.9. The number of urea groups is 1. The van der Waals surface area contributed by atoms with Gasteiger partial charge in [-0.15, -0.1) is 0 Å². The van der Waals surface area contributed by atoms with Crippen LogP contribution in [0.5, 0.6) is 0 Å². The second-order valence-electron chi connectivity index (χ2n) is 4.00. The molecule has 2 N–H and O–H groups in total. The molecule has 2 amide bonds. The van der Waals surface area contributed by atoms with Crippen LogP contribution in [0, 0.1) is 11.8 Å². The van der Waals surface area contributed by atoms with E-state index in [9.17, 15) is 9.59 Å². The molecule has 0 aromatic heterocycles. The van der Waals surface area contributed by atoms with Crippen LogP contribution in [-0.4, -0.2) is 24.9 Å². The first-order valence-corrected chi connectivity index (χ1v) is 4.92. The number of carbonyl (C=O) groups is 2. The van der Waals surface area contributed by atoms with Gasteiger partial charge in [-0.3, -0.25) is 4.79 Å². The van der Waals surface area contributed by atoms with Crippen LogP contribution in [0.15, 0.2) is 0 Å². The van der Waals surface area contributed by atoms with Crippen LogP contribution >= 0.6 is 0 Å². The molecule has 0 heterocycles. The molecule has 0 aromatic rings. The third-order valence-corrected chi connectivity index (χ3v) is 2.06. The van der Waals surface area contributed by atoms with Gasteiger partial charge in [0.15, 0.2) is 5.78 Å². The monoisotopic (exact) mass is 200 g/mol. The normalized spacial score (nSPS) is 12.8. The molecule has 4 heteroatoms. The van der Waals surface area contributed by atoms with Gasteiger partial charge in [0.2, 0.25) is 0 Å². The van der Waals surface area contributed by atoms with Gasteiger partial charge in [-0.2, -0.15) is 0 Å². The van der Waals surface area contributed by atoms with Crippen molar-refractivity contribution >= 4 is 11.8 Å². The van der Waals surface area contributed by atoms with Crippen molar-refractivity contribution in [3.05, 3.63) is 0 Å². The Kier molecular flexibility index (Phi) is 5.20. The van der Waals surface area contributed by atoms with E-state index in [-0.39, 0.29) is 23.7 Å². The number of nitrogens with one attached hydrogen (secondary N) is 2. The molecular formula is C10H20N2O2. The molecule has 0 aliphatic rings. The largest absolute Gasteiger partial charge is 0.341 e. The molecule has 0 aliphatic heterocycles. The Labute approximate surface area is 85.4 Å². The van der Waals surface area contributed by atoms with Crippen molar-refractivity contribution in [3.8, 4) is 0 Å². The van der Waals surface area contributed by atoms with Gasteiger partial charge in [0, 0.05) is 13.0 Å². The van der Waals surface area contributed by atoms with E-state index < -0.39 is 6.04 Å². The minimum absolute atomic E-state index is 0.0560. The highest BCUT2D eigenvalue weighted by molar-refractivity contribution is 5.89. The lowest BCUT2D eigenvalue weighted by Crippen LogP contribution is -2.49. The van der Waals surface area contributed by atoms with E-state index in [0.29, 0.717) is 0 Å². The van der Waals surface area contributed by atoms with Crippen molar-refractivity contribution in [2.75, 3.05) is 7.05 Å². The number of amides is 2. The van der Waals surface area contributed by atoms with Gasteiger partial charge in [0.05, 0.1) is 6.04 Å².